The van der Waals surface area contributed by atoms with Crippen LogP contribution in [0.15, 0.2) is 53.3 Å². The molecule has 2 aromatic carbocycles. The SMILES string of the molecule is CC(Nc1nc(N)nc(N)c1C#N)c1nc2cccc(CCCC(=O)O)c2c(=O)n1-c1ccccc1. The fourth-order valence-electron chi connectivity index (χ4n) is 4.05. The normalized spacial score (nSPS) is 11.7. The minimum absolute atomic E-state index is 0.00213. The van der Waals surface area contributed by atoms with E-state index in [0.717, 1.165) is 5.56 Å². The third kappa shape index (κ3) is 4.78. The fourth-order valence-corrected chi connectivity index (χ4v) is 4.05. The average Bonchev–Trinajstić information content (AvgIpc) is 2.84. The van der Waals surface area contributed by atoms with Gasteiger partial charge in [-0.25, -0.2) is 4.98 Å². The molecule has 0 aliphatic heterocycles. The Morgan fingerprint density at radius 2 is 1.89 bits per heavy atom. The first-order chi connectivity index (χ1) is 17.3. The molecule has 0 fully saturated rings. The van der Waals surface area contributed by atoms with Gasteiger partial charge in [0.2, 0.25) is 5.95 Å². The van der Waals surface area contributed by atoms with Crippen molar-refractivity contribution in [1.82, 2.24) is 19.5 Å². The van der Waals surface area contributed by atoms with E-state index in [4.69, 9.17) is 21.6 Å². The number of aryl methyl sites for hydroxylation is 1. The van der Waals surface area contributed by atoms with Crippen molar-refractivity contribution in [3.05, 3.63) is 75.8 Å². The molecule has 2 heterocycles. The van der Waals surface area contributed by atoms with E-state index in [-0.39, 0.29) is 35.1 Å². The molecule has 0 radical (unpaired) electrons. The van der Waals surface area contributed by atoms with E-state index in [1.165, 1.54) is 4.57 Å². The number of anilines is 3. The highest BCUT2D eigenvalue weighted by molar-refractivity contribution is 5.82. The van der Waals surface area contributed by atoms with E-state index < -0.39 is 12.0 Å². The molecule has 1 atom stereocenters. The third-order valence-corrected chi connectivity index (χ3v) is 5.67. The number of hydrogen-bond donors (Lipinski definition) is 4. The number of nitrogens with two attached hydrogens (primary N) is 2. The van der Waals surface area contributed by atoms with Gasteiger partial charge in [0.15, 0.2) is 5.82 Å². The quantitative estimate of drug-likeness (QED) is 0.290. The van der Waals surface area contributed by atoms with Gasteiger partial charge in [0, 0.05) is 6.42 Å². The topological polar surface area (TPSA) is 186 Å². The van der Waals surface area contributed by atoms with Gasteiger partial charge < -0.3 is 21.9 Å². The number of carbonyl (C=O) groups is 1. The van der Waals surface area contributed by atoms with Gasteiger partial charge in [-0.2, -0.15) is 15.2 Å². The summed E-state index contributed by atoms with van der Waals surface area (Å²) in [6.07, 6.45) is 0.822. The number of hydrogen-bond acceptors (Lipinski definition) is 9. The molecule has 0 amide bonds. The molecule has 0 saturated heterocycles. The van der Waals surface area contributed by atoms with Crippen molar-refractivity contribution in [3.8, 4) is 11.8 Å². The maximum Gasteiger partial charge on any atom is 0.303 e. The summed E-state index contributed by atoms with van der Waals surface area (Å²) in [4.78, 5) is 37.6. The van der Waals surface area contributed by atoms with Crippen molar-refractivity contribution in [2.75, 3.05) is 16.8 Å². The molecule has 1 unspecified atom stereocenters. The summed E-state index contributed by atoms with van der Waals surface area (Å²) < 4.78 is 1.50. The second-order valence-electron chi connectivity index (χ2n) is 8.17. The number of aliphatic carboxylic acids is 1. The summed E-state index contributed by atoms with van der Waals surface area (Å²) in [6.45, 7) is 1.78. The Bertz CT molecular complexity index is 1540. The smallest absolute Gasteiger partial charge is 0.303 e. The molecular formula is C25H24N8O3. The number of nitrogens with one attached hydrogen (secondary N) is 1. The van der Waals surface area contributed by atoms with Crippen LogP contribution >= 0.6 is 0 Å². The number of fused-ring (bicyclic) bond motifs is 1. The molecule has 4 aromatic rings. The molecule has 0 bridgehead atoms. The maximum absolute atomic E-state index is 13.9. The van der Waals surface area contributed by atoms with E-state index in [0.29, 0.717) is 35.3 Å². The van der Waals surface area contributed by atoms with E-state index >= 15 is 0 Å². The molecule has 11 heteroatoms. The van der Waals surface area contributed by atoms with Gasteiger partial charge in [-0.1, -0.05) is 30.3 Å². The van der Waals surface area contributed by atoms with E-state index in [2.05, 4.69) is 15.3 Å². The van der Waals surface area contributed by atoms with Crippen LogP contribution in [0.3, 0.4) is 0 Å². The van der Waals surface area contributed by atoms with Gasteiger partial charge in [0.25, 0.3) is 5.56 Å². The molecule has 36 heavy (non-hydrogen) atoms. The van der Waals surface area contributed by atoms with Crippen molar-refractivity contribution < 1.29 is 9.90 Å². The minimum Gasteiger partial charge on any atom is -0.481 e. The van der Waals surface area contributed by atoms with Gasteiger partial charge >= 0.3 is 5.97 Å². The fraction of sp³-hybridized carbons (Fsp3) is 0.200. The molecule has 6 N–H and O–H groups in total. The summed E-state index contributed by atoms with van der Waals surface area (Å²) in [5.74, 6) is -0.538. The zero-order valence-electron chi connectivity index (χ0n) is 19.5. The summed E-state index contributed by atoms with van der Waals surface area (Å²) in [6, 6.07) is 15.8. The average molecular weight is 485 g/mol. The van der Waals surface area contributed by atoms with Crippen LogP contribution in [0.5, 0.6) is 0 Å². The maximum atomic E-state index is 13.9. The van der Waals surface area contributed by atoms with E-state index in [9.17, 15) is 14.9 Å². The van der Waals surface area contributed by atoms with Gasteiger partial charge in [-0.05, 0) is 43.5 Å². The van der Waals surface area contributed by atoms with Crippen molar-refractivity contribution in [2.45, 2.75) is 32.2 Å². The minimum atomic E-state index is -0.889. The Hall–Kier alpha value is -4.98. The zero-order valence-corrected chi connectivity index (χ0v) is 19.5. The summed E-state index contributed by atoms with van der Waals surface area (Å²) >= 11 is 0. The third-order valence-electron chi connectivity index (χ3n) is 5.67. The number of nitriles is 1. The number of aromatic nitrogens is 4. The van der Waals surface area contributed by atoms with Crippen LogP contribution in [0.2, 0.25) is 0 Å². The van der Waals surface area contributed by atoms with Gasteiger partial charge in [-0.3, -0.25) is 14.2 Å². The lowest BCUT2D eigenvalue weighted by molar-refractivity contribution is -0.137. The van der Waals surface area contributed by atoms with Gasteiger partial charge in [0.1, 0.15) is 23.3 Å². The lowest BCUT2D eigenvalue weighted by atomic mass is 10.0. The number of nitrogen functional groups attached to an aromatic ring is 2. The Morgan fingerprint density at radius 3 is 2.58 bits per heavy atom. The Labute approximate surface area is 206 Å². The number of carboxylic acid groups (broad SMARTS) is 1. The first kappa shape index (κ1) is 24.2. The number of rotatable bonds is 8. The standard InChI is InChI=1S/C25H24N8O3/c1-14(29-22-17(13-26)21(27)31-25(28)32-22)23-30-18-11-5-7-15(8-6-12-19(34)35)20(18)24(36)33(23)16-9-3-2-4-10-16/h2-5,7,9-11,14H,6,8,12H2,1H3,(H,34,35)(H5,27,28,29,31,32). The van der Waals surface area contributed by atoms with Crippen molar-refractivity contribution in [2.24, 2.45) is 0 Å². The van der Waals surface area contributed by atoms with E-state index in [1.54, 1.807) is 31.2 Å². The van der Waals surface area contributed by atoms with Crippen molar-refractivity contribution >= 4 is 34.5 Å². The lowest BCUT2D eigenvalue weighted by Crippen LogP contribution is -2.28. The number of carboxylic acids is 1. The Kier molecular flexibility index (Phi) is 6.78. The molecule has 11 nitrogen and oxygen atoms in total. The van der Waals surface area contributed by atoms with Crippen LogP contribution in [0.1, 0.15) is 42.8 Å². The second kappa shape index (κ2) is 10.1. The second-order valence-corrected chi connectivity index (χ2v) is 8.17. The van der Waals surface area contributed by atoms with Gasteiger partial charge in [-0.15, -0.1) is 0 Å². The van der Waals surface area contributed by atoms with Crippen LogP contribution in [-0.2, 0) is 11.2 Å². The molecular weight excluding hydrogens is 460 g/mol. The van der Waals surface area contributed by atoms with Crippen LogP contribution in [0.25, 0.3) is 16.6 Å². The molecule has 2 aromatic heterocycles. The van der Waals surface area contributed by atoms with Crippen molar-refractivity contribution in [3.63, 3.8) is 0 Å². The summed E-state index contributed by atoms with van der Waals surface area (Å²) in [5, 5.41) is 22.1. The number of para-hydroxylation sites is 1. The molecule has 0 aliphatic carbocycles. The molecule has 0 saturated carbocycles. The predicted octanol–water partition coefficient (Wildman–Crippen LogP) is 2.79. The van der Waals surface area contributed by atoms with Crippen LogP contribution in [-0.4, -0.2) is 30.6 Å². The molecule has 182 valence electrons. The molecule has 0 aliphatic rings. The first-order valence-corrected chi connectivity index (χ1v) is 11.2. The Balaban J connectivity index is 1.88. The zero-order chi connectivity index (χ0) is 25.8. The lowest BCUT2D eigenvalue weighted by Gasteiger charge is -2.21. The predicted molar refractivity (Wildman–Crippen MR) is 136 cm³/mol. The summed E-state index contributed by atoms with van der Waals surface area (Å²) in [7, 11) is 0. The molecule has 4 rings (SSSR count). The highest BCUT2D eigenvalue weighted by Gasteiger charge is 2.22. The first-order valence-electron chi connectivity index (χ1n) is 11.2. The van der Waals surface area contributed by atoms with Crippen LogP contribution in [0.4, 0.5) is 17.6 Å². The number of nitrogens with zero attached hydrogens (tertiary/aromatic N) is 5. The van der Waals surface area contributed by atoms with Crippen LogP contribution in [0, 0.1) is 11.3 Å². The van der Waals surface area contributed by atoms with Crippen molar-refractivity contribution in [1.29, 1.82) is 5.26 Å². The van der Waals surface area contributed by atoms with Crippen LogP contribution < -0.4 is 22.3 Å². The highest BCUT2D eigenvalue weighted by Crippen LogP contribution is 2.26. The molecule has 0 spiro atoms. The van der Waals surface area contributed by atoms with E-state index in [1.807, 2.05) is 30.3 Å². The monoisotopic (exact) mass is 484 g/mol. The number of benzene rings is 2. The van der Waals surface area contributed by atoms with Gasteiger partial charge in [0.05, 0.1) is 22.6 Å². The summed E-state index contributed by atoms with van der Waals surface area (Å²) in [5.41, 5.74) is 13.1. The Morgan fingerprint density at radius 1 is 1.14 bits per heavy atom. The highest BCUT2D eigenvalue weighted by atomic mass is 16.4. The largest absolute Gasteiger partial charge is 0.481 e.